The third-order valence-electron chi connectivity index (χ3n) is 4.64. The number of alkyl halides is 1. The smallest absolute Gasteiger partial charge is 0.00370 e. The van der Waals surface area contributed by atoms with Crippen molar-refractivity contribution in [2.75, 3.05) is 5.33 Å². The highest BCUT2D eigenvalue weighted by atomic mass is 79.9. The molecule has 0 N–H and O–H groups in total. The van der Waals surface area contributed by atoms with Crippen LogP contribution < -0.4 is 0 Å². The molecule has 2 rings (SSSR count). The lowest BCUT2D eigenvalue weighted by atomic mass is 9.69. The number of hydrogen-bond acceptors (Lipinski definition) is 0. The van der Waals surface area contributed by atoms with E-state index < -0.39 is 0 Å². The van der Waals surface area contributed by atoms with Crippen LogP contribution in [0.2, 0.25) is 0 Å². The normalized spacial score (nSPS) is 25.1. The SMILES string of the molecule is BrCC[C](C1CCCCC1)C1CCCCC1. The Morgan fingerprint density at radius 2 is 1.19 bits per heavy atom. The standard InChI is InChI=1S/C15H26Br/c16-12-11-15(13-7-3-1-4-8-13)14-9-5-2-6-10-14/h13-14H,1-12H2. The Morgan fingerprint density at radius 3 is 1.56 bits per heavy atom. The zero-order chi connectivity index (χ0) is 11.2. The molecule has 0 aliphatic heterocycles. The van der Waals surface area contributed by atoms with Crippen LogP contribution in [0, 0.1) is 17.8 Å². The predicted molar refractivity (Wildman–Crippen MR) is 74.8 cm³/mol. The zero-order valence-electron chi connectivity index (χ0n) is 10.5. The Balaban J connectivity index is 1.91. The van der Waals surface area contributed by atoms with Crippen LogP contribution in [-0.4, -0.2) is 5.33 Å². The minimum atomic E-state index is 0.995. The summed E-state index contributed by atoms with van der Waals surface area (Å²) in [6.07, 6.45) is 16.3. The van der Waals surface area contributed by atoms with Crippen molar-refractivity contribution in [2.45, 2.75) is 70.6 Å². The van der Waals surface area contributed by atoms with Crippen molar-refractivity contribution in [3.05, 3.63) is 5.92 Å². The van der Waals surface area contributed by atoms with E-state index in [1.807, 2.05) is 5.92 Å². The van der Waals surface area contributed by atoms with Gasteiger partial charge >= 0.3 is 0 Å². The van der Waals surface area contributed by atoms with Gasteiger partial charge in [-0.25, -0.2) is 0 Å². The molecule has 2 saturated carbocycles. The maximum absolute atomic E-state index is 3.66. The van der Waals surface area contributed by atoms with Crippen LogP contribution >= 0.6 is 15.9 Å². The maximum Gasteiger partial charge on any atom is 0.00370 e. The van der Waals surface area contributed by atoms with E-state index in [0.717, 1.165) is 11.8 Å². The molecule has 16 heavy (non-hydrogen) atoms. The predicted octanol–water partition coefficient (Wildman–Crippen LogP) is 5.51. The molecule has 2 aliphatic rings. The van der Waals surface area contributed by atoms with Gasteiger partial charge in [0.15, 0.2) is 0 Å². The third kappa shape index (κ3) is 3.48. The molecule has 0 heterocycles. The van der Waals surface area contributed by atoms with Gasteiger partial charge in [-0.2, -0.15) is 0 Å². The summed E-state index contributed by atoms with van der Waals surface area (Å²) < 4.78 is 0. The van der Waals surface area contributed by atoms with E-state index in [4.69, 9.17) is 0 Å². The van der Waals surface area contributed by atoms with Gasteiger partial charge in [0.25, 0.3) is 0 Å². The van der Waals surface area contributed by atoms with Gasteiger partial charge in [0.05, 0.1) is 0 Å². The molecular formula is C15H26Br. The molecule has 2 fully saturated rings. The fourth-order valence-electron chi connectivity index (χ4n) is 3.80. The summed E-state index contributed by atoms with van der Waals surface area (Å²) >= 11 is 3.66. The highest BCUT2D eigenvalue weighted by Crippen LogP contribution is 2.43. The fourth-order valence-corrected chi connectivity index (χ4v) is 4.26. The molecule has 0 amide bonds. The number of hydrogen-bond donors (Lipinski definition) is 0. The first kappa shape index (κ1) is 12.9. The van der Waals surface area contributed by atoms with Crippen molar-refractivity contribution in [1.82, 2.24) is 0 Å². The van der Waals surface area contributed by atoms with Crippen LogP contribution in [0.4, 0.5) is 0 Å². The van der Waals surface area contributed by atoms with Gasteiger partial charge in [-0.1, -0.05) is 54.5 Å². The molecule has 2 aliphatic carbocycles. The molecule has 93 valence electrons. The highest BCUT2D eigenvalue weighted by Gasteiger charge is 2.31. The molecule has 0 aromatic rings. The number of halogens is 1. The van der Waals surface area contributed by atoms with Gasteiger partial charge in [-0.05, 0) is 49.9 Å². The van der Waals surface area contributed by atoms with Crippen molar-refractivity contribution < 1.29 is 0 Å². The minimum Gasteiger partial charge on any atom is -0.0928 e. The molecule has 0 aromatic carbocycles. The number of rotatable bonds is 4. The largest absolute Gasteiger partial charge is 0.0928 e. The van der Waals surface area contributed by atoms with Crippen molar-refractivity contribution >= 4 is 15.9 Å². The van der Waals surface area contributed by atoms with Gasteiger partial charge < -0.3 is 0 Å². The zero-order valence-corrected chi connectivity index (χ0v) is 12.1. The third-order valence-corrected chi connectivity index (χ3v) is 5.04. The minimum absolute atomic E-state index is 0.995. The monoisotopic (exact) mass is 285 g/mol. The highest BCUT2D eigenvalue weighted by molar-refractivity contribution is 9.09. The summed E-state index contributed by atoms with van der Waals surface area (Å²) in [5.41, 5.74) is 0. The lowest BCUT2D eigenvalue weighted by Crippen LogP contribution is -2.25. The average Bonchev–Trinajstić information content (AvgIpc) is 2.38. The Bertz CT molecular complexity index is 160. The Hall–Kier alpha value is 0.480. The summed E-state index contributed by atoms with van der Waals surface area (Å²) in [4.78, 5) is 0. The van der Waals surface area contributed by atoms with Crippen LogP contribution in [-0.2, 0) is 0 Å². The summed E-state index contributed by atoms with van der Waals surface area (Å²) in [6.45, 7) is 0. The second-order valence-corrected chi connectivity index (χ2v) is 6.48. The second kappa shape index (κ2) is 7.03. The van der Waals surface area contributed by atoms with Crippen LogP contribution in [0.3, 0.4) is 0 Å². The lowest BCUT2D eigenvalue weighted by Gasteiger charge is -2.37. The maximum atomic E-state index is 3.66. The van der Waals surface area contributed by atoms with E-state index in [2.05, 4.69) is 15.9 Å². The molecule has 0 spiro atoms. The second-order valence-electron chi connectivity index (χ2n) is 5.68. The molecule has 1 heteroatoms. The molecular weight excluding hydrogens is 260 g/mol. The van der Waals surface area contributed by atoms with Gasteiger partial charge in [-0.3, -0.25) is 0 Å². The summed E-state index contributed by atoms with van der Waals surface area (Å²) in [5, 5.41) is 1.19. The Labute approximate surface area is 110 Å². The van der Waals surface area contributed by atoms with Crippen LogP contribution in [0.25, 0.3) is 0 Å². The molecule has 0 bridgehead atoms. The first-order valence-electron chi connectivity index (χ1n) is 7.33. The first-order chi connectivity index (χ1) is 7.92. The first-order valence-corrected chi connectivity index (χ1v) is 8.45. The summed E-state index contributed by atoms with van der Waals surface area (Å²) in [7, 11) is 0. The van der Waals surface area contributed by atoms with E-state index in [-0.39, 0.29) is 0 Å². The summed E-state index contributed by atoms with van der Waals surface area (Å²) in [6, 6.07) is 0. The van der Waals surface area contributed by atoms with Crippen molar-refractivity contribution in [3.8, 4) is 0 Å². The van der Waals surface area contributed by atoms with E-state index in [0.29, 0.717) is 0 Å². The quantitative estimate of drug-likeness (QED) is 0.598. The molecule has 1 radical (unpaired) electrons. The average molecular weight is 286 g/mol. The van der Waals surface area contributed by atoms with E-state index in [9.17, 15) is 0 Å². The molecule has 0 unspecified atom stereocenters. The van der Waals surface area contributed by atoms with Crippen LogP contribution in [0.5, 0.6) is 0 Å². The van der Waals surface area contributed by atoms with Gasteiger partial charge in [0.2, 0.25) is 0 Å². The molecule has 0 saturated heterocycles. The van der Waals surface area contributed by atoms with Crippen LogP contribution in [0.15, 0.2) is 0 Å². The molecule has 0 aromatic heterocycles. The van der Waals surface area contributed by atoms with Crippen molar-refractivity contribution in [2.24, 2.45) is 11.8 Å². The van der Waals surface area contributed by atoms with Gasteiger partial charge in [0, 0.05) is 5.33 Å². The van der Waals surface area contributed by atoms with Crippen LogP contribution in [0.1, 0.15) is 70.6 Å². The van der Waals surface area contributed by atoms with Gasteiger partial charge in [-0.15, -0.1) is 0 Å². The summed E-state index contributed by atoms with van der Waals surface area (Å²) in [5.74, 6) is 3.94. The van der Waals surface area contributed by atoms with Crippen molar-refractivity contribution in [3.63, 3.8) is 0 Å². The Morgan fingerprint density at radius 1 is 0.750 bits per heavy atom. The van der Waals surface area contributed by atoms with E-state index >= 15 is 0 Å². The lowest BCUT2D eigenvalue weighted by molar-refractivity contribution is 0.268. The van der Waals surface area contributed by atoms with Crippen molar-refractivity contribution in [1.29, 1.82) is 0 Å². The van der Waals surface area contributed by atoms with Gasteiger partial charge in [0.1, 0.15) is 0 Å². The molecule has 0 atom stereocenters. The topological polar surface area (TPSA) is 0 Å². The molecule has 0 nitrogen and oxygen atoms in total. The van der Waals surface area contributed by atoms with E-state index in [1.54, 1.807) is 0 Å². The fraction of sp³-hybridized carbons (Fsp3) is 0.933. The van der Waals surface area contributed by atoms with E-state index in [1.165, 1.54) is 76.0 Å². The Kier molecular flexibility index (Phi) is 5.68.